The first kappa shape index (κ1) is 8.92. The van der Waals surface area contributed by atoms with E-state index < -0.39 is 0 Å². The largest absolute Gasteiger partial charge is 0.335 e. The third-order valence-electron chi connectivity index (χ3n) is 2.13. The van der Waals surface area contributed by atoms with Crippen molar-refractivity contribution in [1.82, 2.24) is 10.6 Å². The van der Waals surface area contributed by atoms with Crippen LogP contribution in [0.15, 0.2) is 0 Å². The van der Waals surface area contributed by atoms with E-state index >= 15 is 0 Å². The maximum atomic E-state index is 10.9. The van der Waals surface area contributed by atoms with Gasteiger partial charge in [0, 0.05) is 12.1 Å². The smallest absolute Gasteiger partial charge is 0.326 e. The summed E-state index contributed by atoms with van der Waals surface area (Å²) in [6.45, 7) is 0. The second-order valence-corrected chi connectivity index (χ2v) is 3.08. The first-order valence-corrected chi connectivity index (χ1v) is 4.35. The Morgan fingerprint density at radius 1 is 1.33 bits per heavy atom. The molecule has 0 heterocycles. The van der Waals surface area contributed by atoms with Crippen molar-refractivity contribution < 1.29 is 4.79 Å². The lowest BCUT2D eigenvalue weighted by atomic mass is 9.96. The Balaban J connectivity index is 2.21. The van der Waals surface area contributed by atoms with Gasteiger partial charge in [-0.05, 0) is 12.8 Å². The van der Waals surface area contributed by atoms with Crippen LogP contribution in [0.1, 0.15) is 32.1 Å². The second-order valence-electron chi connectivity index (χ2n) is 3.08. The number of carbonyl (C=O) groups is 1. The van der Waals surface area contributed by atoms with Crippen LogP contribution >= 0.6 is 0 Å². The SMILES string of the molecule is C#CNC(=O)NC1CCCCC1. The first-order valence-electron chi connectivity index (χ1n) is 4.35. The minimum atomic E-state index is -0.246. The molecule has 1 rings (SSSR count). The molecule has 1 aliphatic rings. The molecule has 0 unspecified atom stereocenters. The van der Waals surface area contributed by atoms with Crippen molar-refractivity contribution in [3.63, 3.8) is 0 Å². The fourth-order valence-corrected chi connectivity index (χ4v) is 1.53. The fourth-order valence-electron chi connectivity index (χ4n) is 1.53. The number of terminal acetylenes is 1. The average molecular weight is 166 g/mol. The zero-order valence-electron chi connectivity index (χ0n) is 7.10. The van der Waals surface area contributed by atoms with Crippen molar-refractivity contribution >= 4 is 6.03 Å². The van der Waals surface area contributed by atoms with Gasteiger partial charge in [0.2, 0.25) is 0 Å². The van der Waals surface area contributed by atoms with Gasteiger partial charge in [-0.3, -0.25) is 5.32 Å². The zero-order valence-corrected chi connectivity index (χ0v) is 7.10. The molecule has 0 spiro atoms. The summed E-state index contributed by atoms with van der Waals surface area (Å²) in [5.41, 5.74) is 0. The van der Waals surface area contributed by atoms with Crippen LogP contribution in [-0.4, -0.2) is 12.1 Å². The average Bonchev–Trinajstić information content (AvgIpc) is 2.06. The molecule has 1 aliphatic carbocycles. The summed E-state index contributed by atoms with van der Waals surface area (Å²) in [6, 6.07) is 2.18. The highest BCUT2D eigenvalue weighted by molar-refractivity contribution is 5.75. The lowest BCUT2D eigenvalue weighted by molar-refractivity contribution is 0.236. The molecule has 2 N–H and O–H groups in total. The van der Waals surface area contributed by atoms with Gasteiger partial charge in [-0.25, -0.2) is 4.79 Å². The van der Waals surface area contributed by atoms with Crippen LogP contribution in [-0.2, 0) is 0 Å². The Bertz CT molecular complexity index is 189. The van der Waals surface area contributed by atoms with Crippen molar-refractivity contribution in [3.05, 3.63) is 0 Å². The first-order chi connectivity index (χ1) is 5.83. The van der Waals surface area contributed by atoms with E-state index in [4.69, 9.17) is 6.42 Å². The summed E-state index contributed by atoms with van der Waals surface area (Å²) in [4.78, 5) is 10.9. The third-order valence-corrected chi connectivity index (χ3v) is 2.13. The van der Waals surface area contributed by atoms with Crippen LogP contribution in [0.4, 0.5) is 4.79 Å². The molecule has 0 bridgehead atoms. The minimum absolute atomic E-state index is 0.246. The maximum absolute atomic E-state index is 10.9. The van der Waals surface area contributed by atoms with Crippen LogP contribution in [0.2, 0.25) is 0 Å². The Hall–Kier alpha value is -1.17. The van der Waals surface area contributed by atoms with Crippen molar-refractivity contribution in [2.75, 3.05) is 0 Å². The molecular formula is C9H14N2O. The Kier molecular flexibility index (Phi) is 3.46. The highest BCUT2D eigenvalue weighted by atomic mass is 16.2. The van der Waals surface area contributed by atoms with E-state index in [9.17, 15) is 4.79 Å². The lowest BCUT2D eigenvalue weighted by Gasteiger charge is -2.21. The number of urea groups is 1. The van der Waals surface area contributed by atoms with Crippen molar-refractivity contribution in [1.29, 1.82) is 0 Å². The van der Waals surface area contributed by atoms with Crippen molar-refractivity contribution in [2.24, 2.45) is 0 Å². The lowest BCUT2D eigenvalue weighted by Crippen LogP contribution is -2.41. The molecule has 1 saturated carbocycles. The van der Waals surface area contributed by atoms with Gasteiger partial charge >= 0.3 is 6.03 Å². The van der Waals surface area contributed by atoms with Crippen LogP contribution < -0.4 is 10.6 Å². The van der Waals surface area contributed by atoms with Crippen molar-refractivity contribution in [2.45, 2.75) is 38.1 Å². The molecule has 0 atom stereocenters. The van der Waals surface area contributed by atoms with Crippen LogP contribution in [0.3, 0.4) is 0 Å². The molecule has 3 heteroatoms. The monoisotopic (exact) mass is 166 g/mol. The summed E-state index contributed by atoms with van der Waals surface area (Å²) in [7, 11) is 0. The fraction of sp³-hybridized carbons (Fsp3) is 0.667. The molecule has 12 heavy (non-hydrogen) atoms. The van der Waals surface area contributed by atoms with Gasteiger partial charge in [-0.15, -0.1) is 0 Å². The zero-order chi connectivity index (χ0) is 8.81. The van der Waals surface area contributed by atoms with E-state index in [2.05, 4.69) is 16.7 Å². The molecule has 66 valence electrons. The van der Waals surface area contributed by atoms with Gasteiger partial charge in [-0.2, -0.15) is 0 Å². The summed E-state index contributed by atoms with van der Waals surface area (Å²) in [5, 5.41) is 5.10. The van der Waals surface area contributed by atoms with Gasteiger partial charge in [-0.1, -0.05) is 25.7 Å². The number of amides is 2. The van der Waals surface area contributed by atoms with Crippen LogP contribution in [0.25, 0.3) is 0 Å². The highest BCUT2D eigenvalue weighted by Crippen LogP contribution is 2.16. The second kappa shape index (κ2) is 4.66. The number of nitrogens with one attached hydrogen (secondary N) is 2. The summed E-state index contributed by atoms with van der Waals surface area (Å²) in [5.74, 6) is 0. The molecule has 1 fully saturated rings. The molecule has 0 aromatic rings. The predicted octanol–water partition coefficient (Wildman–Crippen LogP) is 1.21. The quantitative estimate of drug-likeness (QED) is 0.446. The molecule has 0 aromatic carbocycles. The van der Waals surface area contributed by atoms with E-state index in [0.29, 0.717) is 6.04 Å². The maximum Gasteiger partial charge on any atom is 0.326 e. The highest BCUT2D eigenvalue weighted by Gasteiger charge is 2.14. The topological polar surface area (TPSA) is 41.1 Å². The molecular weight excluding hydrogens is 152 g/mol. The standard InChI is InChI=1S/C9H14N2O/c1-2-10-9(12)11-8-6-4-3-5-7-8/h1,8H,3-7H2,(H2,10,11,12). The number of rotatable bonds is 1. The third kappa shape index (κ3) is 2.83. The van der Waals surface area contributed by atoms with Gasteiger partial charge < -0.3 is 5.32 Å². The number of carbonyl (C=O) groups excluding carboxylic acids is 1. The molecule has 0 aliphatic heterocycles. The predicted molar refractivity (Wildman–Crippen MR) is 47.4 cm³/mol. The van der Waals surface area contributed by atoms with Crippen LogP contribution in [0, 0.1) is 12.5 Å². The summed E-state index contributed by atoms with van der Waals surface area (Å²) in [6.07, 6.45) is 10.8. The normalized spacial score (nSPS) is 17.9. The van der Waals surface area contributed by atoms with Crippen LogP contribution in [0.5, 0.6) is 0 Å². The van der Waals surface area contributed by atoms with E-state index in [-0.39, 0.29) is 6.03 Å². The molecule has 3 nitrogen and oxygen atoms in total. The van der Waals surface area contributed by atoms with Gasteiger partial charge in [0.25, 0.3) is 0 Å². The van der Waals surface area contributed by atoms with Gasteiger partial charge in [0.15, 0.2) is 0 Å². The van der Waals surface area contributed by atoms with Gasteiger partial charge in [0.05, 0.1) is 0 Å². The molecule has 0 radical (unpaired) electrons. The number of hydrogen-bond donors (Lipinski definition) is 2. The molecule has 2 amide bonds. The molecule has 0 saturated heterocycles. The van der Waals surface area contributed by atoms with Gasteiger partial charge in [0.1, 0.15) is 0 Å². The summed E-state index contributed by atoms with van der Waals surface area (Å²) >= 11 is 0. The van der Waals surface area contributed by atoms with E-state index in [0.717, 1.165) is 12.8 Å². The Morgan fingerprint density at radius 2 is 2.00 bits per heavy atom. The summed E-state index contributed by atoms with van der Waals surface area (Å²) < 4.78 is 0. The Morgan fingerprint density at radius 3 is 2.58 bits per heavy atom. The van der Waals surface area contributed by atoms with E-state index in [1.165, 1.54) is 19.3 Å². The number of hydrogen-bond acceptors (Lipinski definition) is 1. The van der Waals surface area contributed by atoms with E-state index in [1.54, 1.807) is 0 Å². The van der Waals surface area contributed by atoms with Crippen molar-refractivity contribution in [3.8, 4) is 12.5 Å². The minimum Gasteiger partial charge on any atom is -0.335 e. The van der Waals surface area contributed by atoms with E-state index in [1.807, 2.05) is 0 Å². The Labute approximate surface area is 72.9 Å². The molecule has 0 aromatic heterocycles.